The van der Waals surface area contributed by atoms with E-state index in [9.17, 15) is 9.59 Å². The van der Waals surface area contributed by atoms with Gasteiger partial charge in [0.2, 0.25) is 17.8 Å². The average molecular weight is 551 g/mol. The highest BCUT2D eigenvalue weighted by Crippen LogP contribution is 2.47. The van der Waals surface area contributed by atoms with Crippen molar-refractivity contribution in [2.24, 2.45) is 17.3 Å². The number of likely N-dealkylation sites (tertiary alicyclic amines) is 2. The molecule has 2 atom stereocenters. The number of aromatic nitrogens is 2. The zero-order valence-corrected chi connectivity index (χ0v) is 22.5. The molecule has 7 nitrogen and oxygen atoms in total. The fourth-order valence-electron chi connectivity index (χ4n) is 5.38. The lowest BCUT2D eigenvalue weighted by molar-refractivity contribution is -0.142. The van der Waals surface area contributed by atoms with Crippen molar-refractivity contribution in [3.63, 3.8) is 0 Å². The number of carbonyl (C=O) groups is 2. The van der Waals surface area contributed by atoms with Crippen LogP contribution in [0.3, 0.4) is 0 Å². The number of hydrogen-bond donors (Lipinski definition) is 1. The fraction of sp³-hybridized carbons (Fsp3) is 0.538. The number of carbonyl (C=O) groups excluding carboxylic acids is 2. The first-order chi connectivity index (χ1) is 17.2. The second kappa shape index (κ2) is 10.3. The van der Waals surface area contributed by atoms with Crippen molar-refractivity contribution in [1.82, 2.24) is 19.8 Å². The van der Waals surface area contributed by atoms with Gasteiger partial charge in [-0.2, -0.15) is 0 Å². The van der Waals surface area contributed by atoms with Crippen molar-refractivity contribution in [3.05, 3.63) is 51.2 Å². The molecular formula is C26H30Cl3N5O2. The normalized spacial score (nSPS) is 23.6. The fourth-order valence-corrected chi connectivity index (χ4v) is 5.78. The third kappa shape index (κ3) is 5.43. The molecule has 0 bridgehead atoms. The number of anilines is 1. The van der Waals surface area contributed by atoms with Crippen LogP contribution in [0.2, 0.25) is 15.1 Å². The van der Waals surface area contributed by atoms with Crippen molar-refractivity contribution in [2.75, 3.05) is 38.0 Å². The molecule has 10 heteroatoms. The Labute approximate surface area is 226 Å². The maximum absolute atomic E-state index is 13.6. The first kappa shape index (κ1) is 25.6. The molecule has 2 amide bonds. The Bertz CT molecular complexity index is 1130. The number of rotatable bonds is 6. The second-order valence-corrected chi connectivity index (χ2v) is 11.8. The number of hydrogen-bond acceptors (Lipinski definition) is 5. The minimum Gasteiger partial charge on any atom is -0.354 e. The average Bonchev–Trinajstić information content (AvgIpc) is 3.50. The molecule has 36 heavy (non-hydrogen) atoms. The first-order valence-corrected chi connectivity index (χ1v) is 13.6. The van der Waals surface area contributed by atoms with E-state index in [1.54, 1.807) is 12.4 Å². The van der Waals surface area contributed by atoms with Crippen LogP contribution < -0.4 is 5.32 Å². The van der Waals surface area contributed by atoms with Gasteiger partial charge in [0.15, 0.2) is 0 Å². The standard InChI is InChI=1S/C26H30Cl3N5O2/c1-26(6-7-26)24(36)33-8-4-16(5-9-33)23(35)34-14-18(11-30-25-31-12-19(27)13-32-25)20(15-34)17-2-3-21(28)22(29)10-17/h2-3,10,12-13,16,18,20H,4-9,11,14-15H2,1H3,(H,30,31,32)/t18?,20-/m1/s1. The Morgan fingerprint density at radius 3 is 2.36 bits per heavy atom. The highest BCUT2D eigenvalue weighted by atomic mass is 35.5. The van der Waals surface area contributed by atoms with Crippen LogP contribution in [0.5, 0.6) is 0 Å². The zero-order valence-electron chi connectivity index (χ0n) is 20.2. The van der Waals surface area contributed by atoms with Crippen LogP contribution in [0.1, 0.15) is 44.1 Å². The van der Waals surface area contributed by atoms with Gasteiger partial charge in [-0.15, -0.1) is 0 Å². The van der Waals surface area contributed by atoms with E-state index in [1.807, 2.05) is 34.9 Å². The highest BCUT2D eigenvalue weighted by Gasteiger charge is 2.48. The van der Waals surface area contributed by atoms with Crippen molar-refractivity contribution in [2.45, 2.75) is 38.5 Å². The van der Waals surface area contributed by atoms with E-state index in [0.29, 0.717) is 53.7 Å². The van der Waals surface area contributed by atoms with Crippen LogP contribution in [-0.4, -0.2) is 64.3 Å². The van der Waals surface area contributed by atoms with Gasteiger partial charge in [0.05, 0.1) is 27.5 Å². The van der Waals surface area contributed by atoms with Crippen LogP contribution in [0, 0.1) is 17.3 Å². The van der Waals surface area contributed by atoms with Gasteiger partial charge in [-0.05, 0) is 43.4 Å². The van der Waals surface area contributed by atoms with E-state index >= 15 is 0 Å². The third-order valence-electron chi connectivity index (χ3n) is 7.91. The number of halogens is 3. The molecule has 1 N–H and O–H groups in total. The molecule has 3 heterocycles. The number of amides is 2. The zero-order chi connectivity index (χ0) is 25.4. The van der Waals surface area contributed by atoms with E-state index in [4.69, 9.17) is 34.8 Å². The SMILES string of the molecule is CC1(C(=O)N2CCC(C(=O)N3CC(CNc4ncc(Cl)cn4)[C@@H](c4ccc(Cl)c(Cl)c4)C3)CC2)CC1. The molecule has 1 aromatic carbocycles. The van der Waals surface area contributed by atoms with Gasteiger partial charge in [0.25, 0.3) is 0 Å². The summed E-state index contributed by atoms with van der Waals surface area (Å²) in [4.78, 5) is 38.7. The monoisotopic (exact) mass is 549 g/mol. The van der Waals surface area contributed by atoms with Crippen molar-refractivity contribution >= 4 is 52.6 Å². The van der Waals surface area contributed by atoms with E-state index in [-0.39, 0.29) is 35.0 Å². The lowest BCUT2D eigenvalue weighted by atomic mass is 9.89. The van der Waals surface area contributed by atoms with Crippen LogP contribution in [0.15, 0.2) is 30.6 Å². The maximum atomic E-state index is 13.6. The minimum atomic E-state index is -0.160. The van der Waals surface area contributed by atoms with Gasteiger partial charge >= 0.3 is 0 Å². The summed E-state index contributed by atoms with van der Waals surface area (Å²) in [6, 6.07) is 5.70. The predicted octanol–water partition coefficient (Wildman–Crippen LogP) is 5.13. The molecule has 1 aliphatic carbocycles. The minimum absolute atomic E-state index is 0.0539. The second-order valence-electron chi connectivity index (χ2n) is 10.5. The van der Waals surface area contributed by atoms with Gasteiger partial charge in [-0.3, -0.25) is 9.59 Å². The van der Waals surface area contributed by atoms with Crippen molar-refractivity contribution in [1.29, 1.82) is 0 Å². The molecule has 3 fully saturated rings. The van der Waals surface area contributed by atoms with Crippen LogP contribution in [0.4, 0.5) is 5.95 Å². The van der Waals surface area contributed by atoms with Gasteiger partial charge in [-0.25, -0.2) is 9.97 Å². The first-order valence-electron chi connectivity index (χ1n) is 12.5. The number of benzene rings is 1. The van der Waals surface area contributed by atoms with Crippen molar-refractivity contribution in [3.8, 4) is 0 Å². The van der Waals surface area contributed by atoms with E-state index in [1.165, 1.54) is 0 Å². The number of nitrogens with zero attached hydrogens (tertiary/aromatic N) is 4. The smallest absolute Gasteiger partial charge is 0.228 e. The topological polar surface area (TPSA) is 78.4 Å². The third-order valence-corrected chi connectivity index (χ3v) is 8.85. The van der Waals surface area contributed by atoms with E-state index < -0.39 is 0 Å². The molecule has 1 aromatic heterocycles. The van der Waals surface area contributed by atoms with Crippen LogP contribution >= 0.6 is 34.8 Å². The van der Waals surface area contributed by atoms with Gasteiger partial charge < -0.3 is 15.1 Å². The molecule has 2 aliphatic heterocycles. The molecule has 5 rings (SSSR count). The van der Waals surface area contributed by atoms with Gasteiger partial charge in [0, 0.05) is 55.9 Å². The largest absolute Gasteiger partial charge is 0.354 e. The van der Waals surface area contributed by atoms with Crippen LogP contribution in [-0.2, 0) is 9.59 Å². The molecule has 2 saturated heterocycles. The number of nitrogens with one attached hydrogen (secondary N) is 1. The summed E-state index contributed by atoms with van der Waals surface area (Å²) in [5.41, 5.74) is 0.897. The Balaban J connectivity index is 1.26. The van der Waals surface area contributed by atoms with E-state index in [2.05, 4.69) is 15.3 Å². The van der Waals surface area contributed by atoms with Crippen molar-refractivity contribution < 1.29 is 9.59 Å². The lowest BCUT2D eigenvalue weighted by Gasteiger charge is -2.34. The molecule has 0 radical (unpaired) electrons. The van der Waals surface area contributed by atoms with Crippen LogP contribution in [0.25, 0.3) is 0 Å². The molecule has 2 aromatic rings. The quantitative estimate of drug-likeness (QED) is 0.539. The van der Waals surface area contributed by atoms with Gasteiger partial charge in [0.1, 0.15) is 0 Å². The summed E-state index contributed by atoms with van der Waals surface area (Å²) >= 11 is 18.4. The summed E-state index contributed by atoms with van der Waals surface area (Å²) in [6.45, 7) is 5.20. The van der Waals surface area contributed by atoms with E-state index in [0.717, 1.165) is 31.2 Å². The molecule has 192 valence electrons. The lowest BCUT2D eigenvalue weighted by Crippen LogP contribution is -2.45. The Kier molecular flexibility index (Phi) is 7.34. The molecule has 1 saturated carbocycles. The molecule has 3 aliphatic rings. The van der Waals surface area contributed by atoms with Gasteiger partial charge in [-0.1, -0.05) is 47.8 Å². The Morgan fingerprint density at radius 2 is 1.72 bits per heavy atom. The molecule has 1 unspecified atom stereocenters. The predicted molar refractivity (Wildman–Crippen MR) is 141 cm³/mol. The highest BCUT2D eigenvalue weighted by molar-refractivity contribution is 6.42. The molecular weight excluding hydrogens is 521 g/mol. The maximum Gasteiger partial charge on any atom is 0.228 e. The Morgan fingerprint density at radius 1 is 1.03 bits per heavy atom. The summed E-state index contributed by atoms with van der Waals surface area (Å²) in [7, 11) is 0. The summed E-state index contributed by atoms with van der Waals surface area (Å²) in [5, 5.41) is 4.79. The Hall–Kier alpha value is -2.09. The summed E-state index contributed by atoms with van der Waals surface area (Å²) < 4.78 is 0. The molecule has 0 spiro atoms. The summed E-state index contributed by atoms with van der Waals surface area (Å²) in [5.74, 6) is 1.11. The number of piperidine rings is 1. The summed E-state index contributed by atoms with van der Waals surface area (Å²) in [6.07, 6.45) is 6.50.